The van der Waals surface area contributed by atoms with Crippen LogP contribution in [0, 0.1) is 0 Å². The van der Waals surface area contributed by atoms with Crippen molar-refractivity contribution in [3.05, 3.63) is 71.5 Å². The maximum atomic E-state index is 11.7. The number of furan rings is 1. The maximum absolute atomic E-state index is 11.7. The fourth-order valence-electron chi connectivity index (χ4n) is 1.85. The van der Waals surface area contributed by atoms with Crippen molar-refractivity contribution in [2.75, 3.05) is 0 Å². The molecule has 0 saturated heterocycles. The van der Waals surface area contributed by atoms with Gasteiger partial charge in [0.25, 0.3) is 5.91 Å². The fourth-order valence-corrected chi connectivity index (χ4v) is 2.04. The summed E-state index contributed by atoms with van der Waals surface area (Å²) in [6.45, 7) is 0. The van der Waals surface area contributed by atoms with Crippen molar-refractivity contribution >= 4 is 23.7 Å². The lowest BCUT2D eigenvalue weighted by Crippen LogP contribution is -2.18. The van der Waals surface area contributed by atoms with Crippen LogP contribution in [0.25, 0.3) is 11.3 Å². The number of nitrogens with zero attached hydrogens (tertiary/aromatic N) is 3. The summed E-state index contributed by atoms with van der Waals surface area (Å²) in [5.74, 6) is 0.713. The molecule has 2 aromatic heterocycles. The first kappa shape index (κ1) is 14.9. The van der Waals surface area contributed by atoms with E-state index in [2.05, 4.69) is 20.5 Å². The molecule has 3 aromatic rings. The molecule has 0 fully saturated rings. The molecule has 1 amide bonds. The van der Waals surface area contributed by atoms with Crippen LogP contribution in [0.1, 0.15) is 16.2 Å². The van der Waals surface area contributed by atoms with Gasteiger partial charge in [0.05, 0.1) is 12.4 Å². The Bertz CT molecular complexity index is 846. The number of carbonyl (C=O) groups excluding carboxylic acids is 1. The molecule has 0 atom stereocenters. The topological polar surface area (TPSA) is 80.4 Å². The zero-order valence-corrected chi connectivity index (χ0v) is 12.6. The highest BCUT2D eigenvalue weighted by Gasteiger charge is 2.06. The normalized spacial score (nSPS) is 10.8. The van der Waals surface area contributed by atoms with Gasteiger partial charge < -0.3 is 4.42 Å². The van der Waals surface area contributed by atoms with Crippen molar-refractivity contribution in [3.8, 4) is 11.3 Å². The highest BCUT2D eigenvalue weighted by atomic mass is 35.5. The molecule has 0 saturated carbocycles. The molecular weight excluding hydrogens is 316 g/mol. The first-order valence-electron chi connectivity index (χ1n) is 6.67. The third-order valence-corrected chi connectivity index (χ3v) is 3.12. The van der Waals surface area contributed by atoms with Gasteiger partial charge in [0.1, 0.15) is 17.2 Å². The van der Waals surface area contributed by atoms with Crippen molar-refractivity contribution in [2.24, 2.45) is 5.10 Å². The second-order valence-corrected chi connectivity index (χ2v) is 4.94. The quantitative estimate of drug-likeness (QED) is 0.590. The molecule has 0 bridgehead atoms. The SMILES string of the molecule is O=C(NN=Cc1ccc(-c2cccc(Cl)c2)o1)c1cnccn1. The number of hydrazone groups is 1. The van der Waals surface area contributed by atoms with E-state index in [4.69, 9.17) is 16.0 Å². The molecule has 0 aliphatic heterocycles. The zero-order valence-electron chi connectivity index (χ0n) is 11.8. The molecule has 2 heterocycles. The summed E-state index contributed by atoms with van der Waals surface area (Å²) in [5, 5.41) is 4.46. The summed E-state index contributed by atoms with van der Waals surface area (Å²) in [6, 6.07) is 10.9. The van der Waals surface area contributed by atoms with Crippen LogP contribution < -0.4 is 5.43 Å². The number of aromatic nitrogens is 2. The van der Waals surface area contributed by atoms with Gasteiger partial charge in [0, 0.05) is 23.0 Å². The van der Waals surface area contributed by atoms with E-state index in [-0.39, 0.29) is 5.69 Å². The third-order valence-electron chi connectivity index (χ3n) is 2.89. The minimum Gasteiger partial charge on any atom is -0.455 e. The largest absolute Gasteiger partial charge is 0.455 e. The van der Waals surface area contributed by atoms with E-state index in [0.717, 1.165) is 5.56 Å². The van der Waals surface area contributed by atoms with E-state index in [1.54, 1.807) is 24.3 Å². The lowest BCUT2D eigenvalue weighted by atomic mass is 10.2. The monoisotopic (exact) mass is 326 g/mol. The third kappa shape index (κ3) is 3.81. The van der Waals surface area contributed by atoms with Gasteiger partial charge in [-0.15, -0.1) is 0 Å². The Morgan fingerprint density at radius 2 is 2.17 bits per heavy atom. The molecule has 0 aliphatic carbocycles. The van der Waals surface area contributed by atoms with Crippen molar-refractivity contribution in [1.82, 2.24) is 15.4 Å². The van der Waals surface area contributed by atoms with Gasteiger partial charge in [0.15, 0.2) is 0 Å². The Kier molecular flexibility index (Phi) is 4.44. The summed E-state index contributed by atoms with van der Waals surface area (Å²) in [6.07, 6.45) is 5.68. The Hall–Kier alpha value is -2.99. The van der Waals surface area contributed by atoms with Gasteiger partial charge in [0.2, 0.25) is 0 Å². The first-order valence-corrected chi connectivity index (χ1v) is 7.05. The fraction of sp³-hybridized carbons (Fsp3) is 0. The van der Waals surface area contributed by atoms with Crippen LogP contribution >= 0.6 is 11.6 Å². The van der Waals surface area contributed by atoms with Crippen LogP contribution in [0.3, 0.4) is 0 Å². The van der Waals surface area contributed by atoms with Crippen LogP contribution in [0.4, 0.5) is 0 Å². The molecule has 3 rings (SSSR count). The maximum Gasteiger partial charge on any atom is 0.291 e. The van der Waals surface area contributed by atoms with Crippen molar-refractivity contribution in [1.29, 1.82) is 0 Å². The minimum atomic E-state index is -0.448. The number of halogens is 1. The first-order chi connectivity index (χ1) is 11.2. The number of amides is 1. The average Bonchev–Trinajstić information content (AvgIpc) is 3.04. The summed E-state index contributed by atoms with van der Waals surface area (Å²) in [4.78, 5) is 19.4. The highest BCUT2D eigenvalue weighted by Crippen LogP contribution is 2.24. The molecule has 7 heteroatoms. The lowest BCUT2D eigenvalue weighted by molar-refractivity contribution is 0.0949. The van der Waals surface area contributed by atoms with Crippen LogP contribution in [0.5, 0.6) is 0 Å². The van der Waals surface area contributed by atoms with E-state index >= 15 is 0 Å². The number of hydrogen-bond donors (Lipinski definition) is 1. The van der Waals surface area contributed by atoms with E-state index in [1.807, 2.05) is 12.1 Å². The Morgan fingerprint density at radius 1 is 1.26 bits per heavy atom. The van der Waals surface area contributed by atoms with Crippen molar-refractivity contribution in [2.45, 2.75) is 0 Å². The number of benzene rings is 1. The lowest BCUT2D eigenvalue weighted by Gasteiger charge is -1.97. The predicted octanol–water partition coefficient (Wildman–Crippen LogP) is 3.15. The van der Waals surface area contributed by atoms with Crippen molar-refractivity contribution < 1.29 is 9.21 Å². The van der Waals surface area contributed by atoms with Gasteiger partial charge in [-0.1, -0.05) is 23.7 Å². The van der Waals surface area contributed by atoms with Crippen molar-refractivity contribution in [3.63, 3.8) is 0 Å². The number of rotatable bonds is 4. The Labute approximate surface area is 136 Å². The molecular formula is C16H11ClN4O2. The molecule has 1 N–H and O–H groups in total. The molecule has 23 heavy (non-hydrogen) atoms. The van der Waals surface area contributed by atoms with E-state index in [0.29, 0.717) is 16.5 Å². The summed E-state index contributed by atoms with van der Waals surface area (Å²) < 4.78 is 5.62. The molecule has 0 unspecified atom stereocenters. The second kappa shape index (κ2) is 6.85. The predicted molar refractivity (Wildman–Crippen MR) is 86.2 cm³/mol. The summed E-state index contributed by atoms with van der Waals surface area (Å²) in [7, 11) is 0. The molecule has 0 spiro atoms. The van der Waals surface area contributed by atoms with Gasteiger partial charge >= 0.3 is 0 Å². The average molecular weight is 327 g/mol. The van der Waals surface area contributed by atoms with Gasteiger partial charge in [-0.2, -0.15) is 5.10 Å². The van der Waals surface area contributed by atoms with Crippen LogP contribution in [0.15, 0.2) is 64.5 Å². The molecule has 6 nitrogen and oxygen atoms in total. The standard InChI is InChI=1S/C16H11ClN4O2/c17-12-3-1-2-11(8-12)15-5-4-13(23-15)9-20-21-16(22)14-10-18-6-7-19-14/h1-10H,(H,21,22). The van der Waals surface area contributed by atoms with E-state index in [1.165, 1.54) is 24.8 Å². The Morgan fingerprint density at radius 3 is 2.96 bits per heavy atom. The van der Waals surface area contributed by atoms with Gasteiger partial charge in [-0.25, -0.2) is 10.4 Å². The zero-order chi connectivity index (χ0) is 16.1. The summed E-state index contributed by atoms with van der Waals surface area (Å²) >= 11 is 5.95. The van der Waals surface area contributed by atoms with Crippen LogP contribution in [-0.4, -0.2) is 22.1 Å². The van der Waals surface area contributed by atoms with Gasteiger partial charge in [-0.3, -0.25) is 9.78 Å². The minimum absolute atomic E-state index is 0.184. The van der Waals surface area contributed by atoms with Crippen LogP contribution in [0.2, 0.25) is 5.02 Å². The number of carbonyl (C=O) groups is 1. The number of nitrogens with one attached hydrogen (secondary N) is 1. The summed E-state index contributed by atoms with van der Waals surface area (Å²) in [5.41, 5.74) is 3.40. The van der Waals surface area contributed by atoms with Crippen LogP contribution in [-0.2, 0) is 0 Å². The molecule has 0 radical (unpaired) electrons. The van der Waals surface area contributed by atoms with Gasteiger partial charge in [-0.05, 0) is 24.3 Å². The molecule has 0 aliphatic rings. The van der Waals surface area contributed by atoms with E-state index in [9.17, 15) is 4.79 Å². The second-order valence-electron chi connectivity index (χ2n) is 4.50. The number of hydrogen-bond acceptors (Lipinski definition) is 5. The smallest absolute Gasteiger partial charge is 0.291 e. The molecule has 1 aromatic carbocycles. The Balaban J connectivity index is 1.66. The molecule has 114 valence electrons. The highest BCUT2D eigenvalue weighted by molar-refractivity contribution is 6.30. The van der Waals surface area contributed by atoms with E-state index < -0.39 is 5.91 Å².